The Morgan fingerprint density at radius 3 is 2.92 bits per heavy atom. The average Bonchev–Trinajstić information content (AvgIpc) is 3.33. The third-order valence-electron chi connectivity index (χ3n) is 5.34. The predicted molar refractivity (Wildman–Crippen MR) is 94.3 cm³/mol. The molecule has 4 rings (SSSR count). The molecule has 1 amide bonds. The smallest absolute Gasteiger partial charge is 0.229 e. The summed E-state index contributed by atoms with van der Waals surface area (Å²) in [4.78, 5) is 19.6. The Balaban J connectivity index is 1.59. The maximum Gasteiger partial charge on any atom is 0.229 e. The summed E-state index contributed by atoms with van der Waals surface area (Å²) in [5.74, 6) is 1.84. The first-order valence-electron chi connectivity index (χ1n) is 8.96. The molecule has 1 aromatic carbocycles. The number of hydrogen-bond acceptors (Lipinski definition) is 4. The van der Waals surface area contributed by atoms with Crippen molar-refractivity contribution in [1.82, 2.24) is 15.0 Å². The quantitative estimate of drug-likeness (QED) is 0.825. The largest absolute Gasteiger partial charge is 0.339 e. The van der Waals surface area contributed by atoms with Crippen molar-refractivity contribution >= 4 is 17.5 Å². The third-order valence-corrected chi connectivity index (χ3v) is 5.71. The zero-order valence-corrected chi connectivity index (χ0v) is 15.1. The molecule has 1 unspecified atom stereocenters. The highest BCUT2D eigenvalue weighted by atomic mass is 35.5. The normalized spacial score (nSPS) is 23.7. The first-order valence-corrected chi connectivity index (χ1v) is 9.34. The maximum atomic E-state index is 13.0. The van der Waals surface area contributed by atoms with E-state index in [-0.39, 0.29) is 5.91 Å². The van der Waals surface area contributed by atoms with E-state index < -0.39 is 5.54 Å². The highest BCUT2D eigenvalue weighted by Crippen LogP contribution is 2.41. The van der Waals surface area contributed by atoms with Crippen molar-refractivity contribution in [1.29, 1.82) is 0 Å². The summed E-state index contributed by atoms with van der Waals surface area (Å²) in [6, 6.07) is 7.51. The zero-order chi connectivity index (χ0) is 17.4. The van der Waals surface area contributed by atoms with Crippen LogP contribution in [0.3, 0.4) is 0 Å². The number of piperidine rings is 1. The lowest BCUT2D eigenvalue weighted by Gasteiger charge is -2.42. The van der Waals surface area contributed by atoms with Gasteiger partial charge < -0.3 is 9.42 Å². The van der Waals surface area contributed by atoms with Crippen LogP contribution in [0.25, 0.3) is 0 Å². The van der Waals surface area contributed by atoms with Gasteiger partial charge >= 0.3 is 0 Å². The van der Waals surface area contributed by atoms with Gasteiger partial charge in [0.15, 0.2) is 5.82 Å². The van der Waals surface area contributed by atoms with E-state index in [2.05, 4.69) is 17.1 Å². The molecule has 1 saturated heterocycles. The number of aromatic nitrogens is 2. The predicted octanol–water partition coefficient (Wildman–Crippen LogP) is 4.07. The fourth-order valence-corrected chi connectivity index (χ4v) is 3.81. The second-order valence-corrected chi connectivity index (χ2v) is 7.68. The van der Waals surface area contributed by atoms with Crippen molar-refractivity contribution < 1.29 is 9.32 Å². The van der Waals surface area contributed by atoms with Crippen LogP contribution in [0.15, 0.2) is 28.8 Å². The molecule has 2 aromatic rings. The molecule has 1 aliphatic heterocycles. The number of benzene rings is 1. The molecule has 132 valence electrons. The summed E-state index contributed by atoms with van der Waals surface area (Å²) >= 11 is 6.23. The molecule has 0 radical (unpaired) electrons. The van der Waals surface area contributed by atoms with Gasteiger partial charge in [-0.15, -0.1) is 0 Å². The van der Waals surface area contributed by atoms with E-state index in [1.807, 2.05) is 29.2 Å². The number of carbonyl (C=O) groups is 1. The number of rotatable bonds is 4. The number of amides is 1. The fourth-order valence-electron chi connectivity index (χ4n) is 3.60. The van der Waals surface area contributed by atoms with Crippen LogP contribution in [0.1, 0.15) is 62.2 Å². The average molecular weight is 360 g/mol. The monoisotopic (exact) mass is 359 g/mol. The van der Waals surface area contributed by atoms with Crippen molar-refractivity contribution in [3.05, 3.63) is 46.6 Å². The van der Waals surface area contributed by atoms with E-state index in [9.17, 15) is 4.79 Å². The van der Waals surface area contributed by atoms with E-state index in [4.69, 9.17) is 16.1 Å². The van der Waals surface area contributed by atoms with Crippen molar-refractivity contribution in [2.45, 2.75) is 56.9 Å². The van der Waals surface area contributed by atoms with Gasteiger partial charge in [0.1, 0.15) is 5.54 Å². The van der Waals surface area contributed by atoms with Gasteiger partial charge in [0.2, 0.25) is 11.8 Å². The van der Waals surface area contributed by atoms with Crippen LogP contribution in [0.4, 0.5) is 0 Å². The second kappa shape index (κ2) is 6.45. The van der Waals surface area contributed by atoms with Gasteiger partial charge in [-0.1, -0.05) is 35.0 Å². The van der Waals surface area contributed by atoms with Crippen LogP contribution in [0.5, 0.6) is 0 Å². The fraction of sp³-hybridized carbons (Fsp3) is 0.526. The van der Waals surface area contributed by atoms with Crippen molar-refractivity contribution in [2.24, 2.45) is 0 Å². The Hall–Kier alpha value is -1.88. The summed E-state index contributed by atoms with van der Waals surface area (Å²) in [7, 11) is 0. The minimum absolute atomic E-state index is 0.0630. The standard InChI is InChI=1S/C19H22ClN3O2/c1-19(18-21-17(25-22-18)13-8-9-13)10-4-5-11-23(19)16(24)12-14-6-2-3-7-15(14)20/h2-3,6-7,13H,4-5,8-12H2,1H3. The van der Waals surface area contributed by atoms with Gasteiger partial charge in [-0.25, -0.2) is 0 Å². The van der Waals surface area contributed by atoms with Crippen LogP contribution >= 0.6 is 11.6 Å². The number of carbonyl (C=O) groups excluding carboxylic acids is 1. The molecule has 0 N–H and O–H groups in total. The number of halogens is 1. The highest BCUT2D eigenvalue weighted by molar-refractivity contribution is 6.31. The summed E-state index contributed by atoms with van der Waals surface area (Å²) < 4.78 is 5.45. The molecule has 1 saturated carbocycles. The summed E-state index contributed by atoms with van der Waals surface area (Å²) in [5.41, 5.74) is 0.349. The van der Waals surface area contributed by atoms with E-state index in [1.54, 1.807) is 0 Å². The molecule has 0 bridgehead atoms. The summed E-state index contributed by atoms with van der Waals surface area (Å²) in [5, 5.41) is 4.85. The van der Waals surface area contributed by atoms with Gasteiger partial charge in [0, 0.05) is 17.5 Å². The minimum atomic E-state index is -0.507. The van der Waals surface area contributed by atoms with E-state index in [0.29, 0.717) is 29.7 Å². The molecular weight excluding hydrogens is 338 g/mol. The topological polar surface area (TPSA) is 59.2 Å². The maximum absolute atomic E-state index is 13.0. The zero-order valence-electron chi connectivity index (χ0n) is 14.4. The Morgan fingerprint density at radius 2 is 2.16 bits per heavy atom. The Kier molecular flexibility index (Phi) is 4.28. The molecule has 25 heavy (non-hydrogen) atoms. The Morgan fingerprint density at radius 1 is 1.36 bits per heavy atom. The van der Waals surface area contributed by atoms with Crippen molar-refractivity contribution in [3.8, 4) is 0 Å². The van der Waals surface area contributed by atoms with E-state index in [0.717, 1.165) is 43.6 Å². The van der Waals surface area contributed by atoms with E-state index in [1.165, 1.54) is 0 Å². The molecule has 2 heterocycles. The lowest BCUT2D eigenvalue weighted by Crippen LogP contribution is -2.51. The molecule has 1 aromatic heterocycles. The SMILES string of the molecule is CC1(c2noc(C3CC3)n2)CCCCN1C(=O)Cc1ccccc1Cl. The van der Waals surface area contributed by atoms with Crippen LogP contribution < -0.4 is 0 Å². The summed E-state index contributed by atoms with van der Waals surface area (Å²) in [6.45, 7) is 2.77. The highest BCUT2D eigenvalue weighted by Gasteiger charge is 2.43. The molecule has 2 fully saturated rings. The van der Waals surface area contributed by atoms with Gasteiger partial charge in [0.25, 0.3) is 0 Å². The van der Waals surface area contributed by atoms with Crippen LogP contribution in [0, 0.1) is 0 Å². The van der Waals surface area contributed by atoms with Crippen LogP contribution in [0.2, 0.25) is 5.02 Å². The molecule has 1 atom stereocenters. The first kappa shape index (κ1) is 16.6. The number of hydrogen-bond donors (Lipinski definition) is 0. The van der Waals surface area contributed by atoms with E-state index >= 15 is 0 Å². The molecule has 0 spiro atoms. The second-order valence-electron chi connectivity index (χ2n) is 7.28. The van der Waals surface area contributed by atoms with Crippen LogP contribution in [-0.2, 0) is 16.8 Å². The van der Waals surface area contributed by atoms with Gasteiger partial charge in [-0.3, -0.25) is 4.79 Å². The van der Waals surface area contributed by atoms with Crippen LogP contribution in [-0.4, -0.2) is 27.5 Å². The van der Waals surface area contributed by atoms with Gasteiger partial charge in [-0.05, 0) is 50.7 Å². The molecule has 2 aliphatic rings. The lowest BCUT2D eigenvalue weighted by molar-refractivity contribution is -0.139. The first-order chi connectivity index (χ1) is 12.1. The lowest BCUT2D eigenvalue weighted by atomic mass is 9.87. The van der Waals surface area contributed by atoms with Gasteiger partial charge in [-0.2, -0.15) is 4.98 Å². The number of likely N-dealkylation sites (tertiary alicyclic amines) is 1. The molecular formula is C19H22ClN3O2. The van der Waals surface area contributed by atoms with Crippen molar-refractivity contribution in [3.63, 3.8) is 0 Å². The minimum Gasteiger partial charge on any atom is -0.339 e. The van der Waals surface area contributed by atoms with Crippen molar-refractivity contribution in [2.75, 3.05) is 6.54 Å². The molecule has 1 aliphatic carbocycles. The Bertz CT molecular complexity index is 786. The number of nitrogens with zero attached hydrogens (tertiary/aromatic N) is 3. The Labute approximate surface area is 152 Å². The molecule has 6 heteroatoms. The van der Waals surface area contributed by atoms with Gasteiger partial charge in [0.05, 0.1) is 6.42 Å². The molecule has 5 nitrogen and oxygen atoms in total. The summed E-state index contributed by atoms with van der Waals surface area (Å²) in [6.07, 6.45) is 5.44. The third kappa shape index (κ3) is 3.17.